The molecule has 28 heavy (non-hydrogen) atoms. The number of benzene rings is 2. The summed E-state index contributed by atoms with van der Waals surface area (Å²) in [5, 5.41) is 3.48. The number of hydrogen-bond donors (Lipinski definition) is 1. The number of carbonyl (C=O) groups excluding carboxylic acids is 1. The minimum Gasteiger partial charge on any atom is -0.369 e. The van der Waals surface area contributed by atoms with Gasteiger partial charge < -0.3 is 10.2 Å². The summed E-state index contributed by atoms with van der Waals surface area (Å²) in [6.45, 7) is 2.24. The van der Waals surface area contributed by atoms with E-state index >= 15 is 0 Å². The summed E-state index contributed by atoms with van der Waals surface area (Å²) in [5.41, 5.74) is 2.59. The number of sulfonamides is 1. The first-order valence-corrected chi connectivity index (χ1v) is 11.1. The first-order chi connectivity index (χ1) is 13.3. The molecule has 1 heterocycles. The topological polar surface area (TPSA) is 69.7 Å². The van der Waals surface area contributed by atoms with Gasteiger partial charge in [0.1, 0.15) is 0 Å². The van der Waals surface area contributed by atoms with Crippen LogP contribution in [0.4, 0.5) is 11.4 Å². The predicted molar refractivity (Wildman–Crippen MR) is 114 cm³/mol. The fraction of sp³-hybridized carbons (Fsp3) is 0.250. The normalized spacial score (nSPS) is 15.7. The Morgan fingerprint density at radius 3 is 2.18 bits per heavy atom. The van der Waals surface area contributed by atoms with E-state index in [1.165, 1.54) is 16.6 Å². The summed E-state index contributed by atoms with van der Waals surface area (Å²) < 4.78 is 24.7. The Bertz CT molecular complexity index is 949. The molecule has 1 N–H and O–H groups in total. The van der Waals surface area contributed by atoms with Gasteiger partial charge >= 0.3 is 0 Å². The fourth-order valence-electron chi connectivity index (χ4n) is 2.96. The largest absolute Gasteiger partial charge is 0.369 e. The van der Waals surface area contributed by atoms with Crippen LogP contribution in [0.2, 0.25) is 5.02 Å². The highest BCUT2D eigenvalue weighted by Gasteiger charge is 2.23. The summed E-state index contributed by atoms with van der Waals surface area (Å²) in [4.78, 5) is 14.2. The van der Waals surface area contributed by atoms with E-state index in [0.717, 1.165) is 11.3 Å². The molecule has 1 saturated heterocycles. The Morgan fingerprint density at radius 2 is 1.61 bits per heavy atom. The van der Waals surface area contributed by atoms with E-state index in [1.54, 1.807) is 18.2 Å². The highest BCUT2D eigenvalue weighted by atomic mass is 35.5. The molecule has 0 aromatic heterocycles. The molecule has 0 bridgehead atoms. The summed E-state index contributed by atoms with van der Waals surface area (Å²) in [6.07, 6.45) is 4.43. The Hall–Kier alpha value is -2.35. The molecule has 148 valence electrons. The second-order valence-electron chi connectivity index (χ2n) is 6.57. The molecule has 0 spiro atoms. The van der Waals surface area contributed by atoms with Crippen LogP contribution < -0.4 is 10.2 Å². The summed E-state index contributed by atoms with van der Waals surface area (Å²) in [7, 11) is -3.13. The van der Waals surface area contributed by atoms with Gasteiger partial charge in [-0.05, 0) is 48.0 Å². The third-order valence-electron chi connectivity index (χ3n) is 4.50. The Kier molecular flexibility index (Phi) is 6.39. The van der Waals surface area contributed by atoms with Crippen LogP contribution in [-0.4, -0.2) is 51.1 Å². The summed E-state index contributed by atoms with van der Waals surface area (Å²) in [6, 6.07) is 14.7. The zero-order valence-electron chi connectivity index (χ0n) is 15.5. The molecule has 6 nitrogen and oxygen atoms in total. The number of amides is 1. The second kappa shape index (κ2) is 8.77. The maximum Gasteiger partial charge on any atom is 0.248 e. The van der Waals surface area contributed by atoms with E-state index < -0.39 is 10.0 Å². The van der Waals surface area contributed by atoms with Gasteiger partial charge in [0, 0.05) is 48.7 Å². The van der Waals surface area contributed by atoms with Gasteiger partial charge in [-0.25, -0.2) is 8.42 Å². The molecule has 2 aromatic carbocycles. The summed E-state index contributed by atoms with van der Waals surface area (Å²) in [5.74, 6) is -0.218. The van der Waals surface area contributed by atoms with Gasteiger partial charge in [-0.2, -0.15) is 4.31 Å². The fourth-order valence-corrected chi connectivity index (χ4v) is 3.92. The van der Waals surface area contributed by atoms with Crippen LogP contribution >= 0.6 is 11.6 Å². The second-order valence-corrected chi connectivity index (χ2v) is 8.99. The molecule has 2 aromatic rings. The van der Waals surface area contributed by atoms with Gasteiger partial charge in [-0.1, -0.05) is 23.7 Å². The zero-order chi connectivity index (χ0) is 20.1. The Balaban J connectivity index is 1.54. The quantitative estimate of drug-likeness (QED) is 0.756. The Labute approximate surface area is 170 Å². The standard InChI is InChI=1S/C20H22ClN3O3S/c1-28(26,27)24-14-12-23(13-15-24)19-9-7-18(8-10-19)22-20(25)11-4-16-2-5-17(21)6-3-16/h2-11H,12-15H2,1H3,(H,22,25)/b11-4-. The van der Waals surface area contributed by atoms with Crippen molar-refractivity contribution in [3.8, 4) is 0 Å². The van der Waals surface area contributed by atoms with Crippen LogP contribution in [0.1, 0.15) is 5.56 Å². The number of anilines is 2. The molecule has 1 amide bonds. The van der Waals surface area contributed by atoms with E-state index in [1.807, 2.05) is 36.4 Å². The number of nitrogens with one attached hydrogen (secondary N) is 1. The van der Waals surface area contributed by atoms with Crippen molar-refractivity contribution in [3.63, 3.8) is 0 Å². The van der Waals surface area contributed by atoms with E-state index in [2.05, 4.69) is 10.2 Å². The van der Waals surface area contributed by atoms with E-state index in [4.69, 9.17) is 11.6 Å². The van der Waals surface area contributed by atoms with Gasteiger partial charge in [-0.15, -0.1) is 0 Å². The number of carbonyl (C=O) groups is 1. The van der Waals surface area contributed by atoms with E-state index in [9.17, 15) is 13.2 Å². The van der Waals surface area contributed by atoms with Crippen LogP contribution in [0.15, 0.2) is 54.6 Å². The maximum absolute atomic E-state index is 12.1. The van der Waals surface area contributed by atoms with Gasteiger partial charge in [0.15, 0.2) is 0 Å². The number of piperazine rings is 1. The number of nitrogens with zero attached hydrogens (tertiary/aromatic N) is 2. The molecule has 1 aliphatic heterocycles. The Morgan fingerprint density at radius 1 is 1.00 bits per heavy atom. The molecule has 0 atom stereocenters. The highest BCUT2D eigenvalue weighted by Crippen LogP contribution is 2.20. The lowest BCUT2D eigenvalue weighted by atomic mass is 10.2. The van der Waals surface area contributed by atoms with Crippen LogP contribution in [-0.2, 0) is 14.8 Å². The number of hydrogen-bond acceptors (Lipinski definition) is 4. The lowest BCUT2D eigenvalue weighted by Gasteiger charge is -2.34. The molecule has 8 heteroatoms. The number of rotatable bonds is 5. The van der Waals surface area contributed by atoms with Crippen molar-refractivity contribution in [2.75, 3.05) is 42.7 Å². The maximum atomic E-state index is 12.1. The molecular formula is C20H22ClN3O3S. The molecule has 1 aliphatic rings. The average Bonchev–Trinajstić information content (AvgIpc) is 2.68. The first kappa shape index (κ1) is 20.4. The minimum atomic E-state index is -3.13. The van der Waals surface area contributed by atoms with Crippen molar-refractivity contribution in [2.45, 2.75) is 0 Å². The van der Waals surface area contributed by atoms with Crippen LogP contribution in [0.5, 0.6) is 0 Å². The van der Waals surface area contributed by atoms with Crippen molar-refractivity contribution >= 4 is 45.0 Å². The highest BCUT2D eigenvalue weighted by molar-refractivity contribution is 7.88. The van der Waals surface area contributed by atoms with Crippen LogP contribution in [0, 0.1) is 0 Å². The SMILES string of the molecule is CS(=O)(=O)N1CCN(c2ccc(NC(=O)/C=C\c3ccc(Cl)cc3)cc2)CC1. The van der Waals surface area contributed by atoms with E-state index in [-0.39, 0.29) is 5.91 Å². The molecule has 0 aliphatic carbocycles. The van der Waals surface area contributed by atoms with Crippen molar-refractivity contribution in [2.24, 2.45) is 0 Å². The first-order valence-electron chi connectivity index (χ1n) is 8.86. The van der Waals surface area contributed by atoms with Gasteiger partial charge in [0.2, 0.25) is 15.9 Å². The number of halogens is 1. The van der Waals surface area contributed by atoms with Gasteiger partial charge in [0.25, 0.3) is 0 Å². The third kappa shape index (κ3) is 5.58. The molecule has 0 saturated carbocycles. The molecular weight excluding hydrogens is 398 g/mol. The molecule has 0 unspecified atom stereocenters. The van der Waals surface area contributed by atoms with Crippen LogP contribution in [0.25, 0.3) is 6.08 Å². The zero-order valence-corrected chi connectivity index (χ0v) is 17.1. The smallest absolute Gasteiger partial charge is 0.248 e. The van der Waals surface area contributed by atoms with Gasteiger partial charge in [0.05, 0.1) is 6.26 Å². The molecule has 3 rings (SSSR count). The van der Waals surface area contributed by atoms with Crippen molar-refractivity contribution in [3.05, 3.63) is 65.2 Å². The minimum absolute atomic E-state index is 0.218. The monoisotopic (exact) mass is 419 g/mol. The van der Waals surface area contributed by atoms with E-state index in [0.29, 0.717) is 36.9 Å². The van der Waals surface area contributed by atoms with Crippen molar-refractivity contribution in [1.29, 1.82) is 0 Å². The molecule has 1 fully saturated rings. The lowest BCUT2D eigenvalue weighted by Crippen LogP contribution is -2.48. The van der Waals surface area contributed by atoms with Crippen molar-refractivity contribution in [1.82, 2.24) is 4.31 Å². The average molecular weight is 420 g/mol. The van der Waals surface area contributed by atoms with Crippen LogP contribution in [0.3, 0.4) is 0 Å². The summed E-state index contributed by atoms with van der Waals surface area (Å²) >= 11 is 5.84. The van der Waals surface area contributed by atoms with Crippen molar-refractivity contribution < 1.29 is 13.2 Å². The molecule has 0 radical (unpaired) electrons. The predicted octanol–water partition coefficient (Wildman–Crippen LogP) is 3.07. The van der Waals surface area contributed by atoms with Gasteiger partial charge in [-0.3, -0.25) is 4.79 Å². The third-order valence-corrected chi connectivity index (χ3v) is 6.06. The lowest BCUT2D eigenvalue weighted by molar-refractivity contribution is -0.111.